The van der Waals surface area contributed by atoms with Gasteiger partial charge in [-0.05, 0) is 12.1 Å². The normalized spacial score (nSPS) is 17.3. The molecule has 0 spiro atoms. The average Bonchev–Trinajstić information content (AvgIpc) is 2.35. The molecule has 1 aromatic rings. The van der Waals surface area contributed by atoms with Crippen molar-refractivity contribution in [3.8, 4) is 0 Å². The third-order valence-corrected chi connectivity index (χ3v) is 5.75. The van der Waals surface area contributed by atoms with Crippen molar-refractivity contribution in [1.82, 2.24) is 9.62 Å². The number of nitrogens with zero attached hydrogens (tertiary/aromatic N) is 2. The van der Waals surface area contributed by atoms with Gasteiger partial charge in [0.2, 0.25) is 10.0 Å². The summed E-state index contributed by atoms with van der Waals surface area (Å²) in [5.74, 6) is 0. The van der Waals surface area contributed by atoms with Crippen molar-refractivity contribution in [2.75, 3.05) is 26.1 Å². The second kappa shape index (κ2) is 5.44. The number of sulfonamides is 2. The highest BCUT2D eigenvalue weighted by Crippen LogP contribution is 2.37. The molecule has 0 fully saturated rings. The molecule has 0 saturated carbocycles. The molecule has 1 aliphatic heterocycles. The van der Waals surface area contributed by atoms with Gasteiger partial charge in [-0.15, -0.1) is 4.40 Å². The summed E-state index contributed by atoms with van der Waals surface area (Å²) in [5, 5.41) is 2.58. The molecular weight excluding hydrogens is 340 g/mol. The number of anilines is 1. The summed E-state index contributed by atoms with van der Waals surface area (Å²) in [5.41, 5.74) is -0.0721. The summed E-state index contributed by atoms with van der Waals surface area (Å²) in [7, 11) is -4.70. The predicted molar refractivity (Wildman–Crippen MR) is 79.6 cm³/mol. The van der Waals surface area contributed by atoms with Gasteiger partial charge in [-0.1, -0.05) is 11.6 Å². The monoisotopic (exact) mass is 352 g/mol. The number of benzene rings is 1. The largest absolute Gasteiger partial charge is 0.369 e. The van der Waals surface area contributed by atoms with Crippen molar-refractivity contribution in [2.45, 2.75) is 9.79 Å². The molecule has 0 bridgehead atoms. The topological polar surface area (TPSA) is 108 Å². The highest BCUT2D eigenvalue weighted by atomic mass is 35.5. The average molecular weight is 353 g/mol. The molecule has 0 aliphatic carbocycles. The van der Waals surface area contributed by atoms with Gasteiger partial charge in [-0.3, -0.25) is 0 Å². The first-order chi connectivity index (χ1) is 9.65. The second-order valence-electron chi connectivity index (χ2n) is 4.41. The highest BCUT2D eigenvalue weighted by Gasteiger charge is 2.31. The fraction of sp³-hybridized carbons (Fsp3) is 0.300. The van der Waals surface area contributed by atoms with E-state index < -0.39 is 20.0 Å². The fourth-order valence-corrected chi connectivity index (χ4v) is 4.48. The molecule has 0 radical (unpaired) electrons. The Morgan fingerprint density at radius 1 is 1.38 bits per heavy atom. The van der Waals surface area contributed by atoms with E-state index in [1.165, 1.54) is 17.0 Å². The molecule has 0 aromatic heterocycles. The predicted octanol–water partition coefficient (Wildman–Crippen LogP) is 0.280. The summed E-state index contributed by atoms with van der Waals surface area (Å²) >= 11 is 5.93. The van der Waals surface area contributed by atoms with E-state index in [4.69, 9.17) is 11.6 Å². The smallest absolute Gasteiger partial charge is 0.287 e. The van der Waals surface area contributed by atoms with Gasteiger partial charge in [-0.2, -0.15) is 13.1 Å². The zero-order chi connectivity index (χ0) is 15.8. The van der Waals surface area contributed by atoms with E-state index >= 15 is 0 Å². The van der Waals surface area contributed by atoms with Crippen LogP contribution in [0.4, 0.5) is 5.69 Å². The van der Waals surface area contributed by atoms with E-state index in [1.54, 1.807) is 14.1 Å². The van der Waals surface area contributed by atoms with E-state index in [9.17, 15) is 16.8 Å². The van der Waals surface area contributed by atoms with Gasteiger partial charge in [0.05, 0.1) is 17.4 Å². The van der Waals surface area contributed by atoms with Gasteiger partial charge in [0.1, 0.15) is 16.1 Å². The van der Waals surface area contributed by atoms with Crippen LogP contribution in [0.1, 0.15) is 0 Å². The van der Waals surface area contributed by atoms with Crippen LogP contribution >= 0.6 is 11.6 Å². The van der Waals surface area contributed by atoms with E-state index in [2.05, 4.69) is 14.4 Å². The molecule has 8 nitrogen and oxygen atoms in total. The lowest BCUT2D eigenvalue weighted by Crippen LogP contribution is -2.35. The second-order valence-corrected chi connectivity index (χ2v) is 8.12. The van der Waals surface area contributed by atoms with Crippen LogP contribution in [0.15, 0.2) is 26.3 Å². The van der Waals surface area contributed by atoms with Crippen LogP contribution in [0.3, 0.4) is 0 Å². The number of fused-ring (bicyclic) bond motifs is 1. The van der Waals surface area contributed by atoms with Crippen LogP contribution in [0.5, 0.6) is 0 Å². The van der Waals surface area contributed by atoms with Crippen molar-refractivity contribution in [3.63, 3.8) is 0 Å². The SMILES string of the molecule is CN(C)C=NS(=O)(=O)c1c(Cl)ccc2c1NCNS2(=O)=O. The van der Waals surface area contributed by atoms with E-state index in [0.29, 0.717) is 0 Å². The number of halogens is 1. The molecule has 0 saturated heterocycles. The molecule has 116 valence electrons. The first-order valence-electron chi connectivity index (χ1n) is 5.68. The molecule has 0 amide bonds. The Hall–Kier alpha value is -1.36. The van der Waals surface area contributed by atoms with Crippen molar-refractivity contribution >= 4 is 43.7 Å². The van der Waals surface area contributed by atoms with Gasteiger partial charge in [0.25, 0.3) is 10.0 Å². The highest BCUT2D eigenvalue weighted by molar-refractivity contribution is 7.91. The Balaban J connectivity index is 2.71. The summed E-state index contributed by atoms with van der Waals surface area (Å²) in [6.45, 7) is -0.129. The quantitative estimate of drug-likeness (QED) is 0.597. The lowest BCUT2D eigenvalue weighted by Gasteiger charge is -2.21. The minimum Gasteiger partial charge on any atom is -0.369 e. The summed E-state index contributed by atoms with van der Waals surface area (Å²) < 4.78 is 54.1. The zero-order valence-electron chi connectivity index (χ0n) is 11.2. The first-order valence-corrected chi connectivity index (χ1v) is 8.98. The van der Waals surface area contributed by atoms with Crippen molar-refractivity contribution in [1.29, 1.82) is 0 Å². The van der Waals surface area contributed by atoms with Crippen molar-refractivity contribution in [3.05, 3.63) is 17.2 Å². The van der Waals surface area contributed by atoms with Gasteiger partial charge in [0.15, 0.2) is 0 Å². The third kappa shape index (κ3) is 3.12. The minimum atomic E-state index is -4.14. The molecule has 0 atom stereocenters. The molecule has 11 heteroatoms. The van der Waals surface area contributed by atoms with Crippen molar-refractivity contribution in [2.24, 2.45) is 4.40 Å². The Morgan fingerprint density at radius 3 is 2.67 bits per heavy atom. The van der Waals surface area contributed by atoms with Crippen LogP contribution < -0.4 is 10.0 Å². The van der Waals surface area contributed by atoms with Crippen molar-refractivity contribution < 1.29 is 16.8 Å². The van der Waals surface area contributed by atoms with Gasteiger partial charge in [0, 0.05) is 14.1 Å². The first kappa shape index (κ1) is 16.0. The van der Waals surface area contributed by atoms with Gasteiger partial charge >= 0.3 is 0 Å². The lowest BCUT2D eigenvalue weighted by atomic mass is 10.3. The molecule has 2 rings (SSSR count). The van der Waals surface area contributed by atoms with Crippen LogP contribution in [0.25, 0.3) is 0 Å². The standard InChI is InChI=1S/C10H13ClN4O4S2/c1-15(2)6-14-21(18,19)10-7(11)3-4-8-9(10)12-5-13-20(8,16)17/h3-4,6,12-13H,5H2,1-2H3. The Bertz CT molecular complexity index is 803. The minimum absolute atomic E-state index is 0.0721. The molecular formula is C10H13ClN4O4S2. The fourth-order valence-electron chi connectivity index (χ4n) is 1.69. The molecule has 2 N–H and O–H groups in total. The van der Waals surface area contributed by atoms with Crippen LogP contribution in [0.2, 0.25) is 5.02 Å². The summed E-state index contributed by atoms with van der Waals surface area (Å²) in [6.07, 6.45) is 1.10. The molecule has 1 aromatic carbocycles. The summed E-state index contributed by atoms with van der Waals surface area (Å²) in [6, 6.07) is 2.45. The molecule has 0 unspecified atom stereocenters. The van der Waals surface area contributed by atoms with Gasteiger partial charge < -0.3 is 10.2 Å². The van der Waals surface area contributed by atoms with Gasteiger partial charge in [-0.25, -0.2) is 8.42 Å². The maximum Gasteiger partial charge on any atom is 0.287 e. The Kier molecular flexibility index (Phi) is 4.15. The molecule has 21 heavy (non-hydrogen) atoms. The van der Waals surface area contributed by atoms with E-state index in [0.717, 1.165) is 6.34 Å². The number of rotatable bonds is 3. The zero-order valence-corrected chi connectivity index (χ0v) is 13.5. The maximum absolute atomic E-state index is 12.3. The van der Waals surface area contributed by atoms with Crippen LogP contribution in [-0.4, -0.2) is 48.8 Å². The van der Waals surface area contributed by atoms with E-state index in [-0.39, 0.29) is 27.2 Å². The Labute approximate surface area is 127 Å². The number of nitrogens with one attached hydrogen (secondary N) is 2. The van der Waals surface area contributed by atoms with Crippen LogP contribution in [0, 0.1) is 0 Å². The number of hydrogen-bond acceptors (Lipinski definition) is 5. The van der Waals surface area contributed by atoms with Crippen LogP contribution in [-0.2, 0) is 20.0 Å². The Morgan fingerprint density at radius 2 is 2.05 bits per heavy atom. The third-order valence-electron chi connectivity index (χ3n) is 2.56. The lowest BCUT2D eigenvalue weighted by molar-refractivity contribution is 0.580. The molecule has 1 heterocycles. The summed E-state index contributed by atoms with van der Waals surface area (Å²) in [4.78, 5) is 0.897. The molecule has 1 aliphatic rings. The van der Waals surface area contributed by atoms with E-state index in [1.807, 2.05) is 0 Å². The number of hydrogen-bond donors (Lipinski definition) is 2. The maximum atomic E-state index is 12.3.